The van der Waals surface area contributed by atoms with Crippen LogP contribution in [0.15, 0.2) is 48.5 Å². The summed E-state index contributed by atoms with van der Waals surface area (Å²) in [5.41, 5.74) is 2.61. The highest BCUT2D eigenvalue weighted by Gasteiger charge is 2.39. The molecule has 2 aromatic carbocycles. The average molecular weight is 342 g/mol. The maximum absolute atomic E-state index is 12.4. The highest BCUT2D eigenvalue weighted by atomic mass is 35.5. The molecule has 0 radical (unpaired) electrons. The van der Waals surface area contributed by atoms with Crippen LogP contribution < -0.4 is 10.6 Å². The number of piperidine rings is 1. The van der Waals surface area contributed by atoms with E-state index in [4.69, 9.17) is 11.6 Å². The van der Waals surface area contributed by atoms with Gasteiger partial charge in [-0.3, -0.25) is 9.69 Å². The van der Waals surface area contributed by atoms with Gasteiger partial charge >= 0.3 is 0 Å². The molecule has 2 aromatic rings. The number of benzene rings is 2. The van der Waals surface area contributed by atoms with Crippen molar-refractivity contribution >= 4 is 23.2 Å². The van der Waals surface area contributed by atoms with Crippen molar-refractivity contribution in [2.75, 3.05) is 18.4 Å². The van der Waals surface area contributed by atoms with E-state index in [1.165, 1.54) is 5.56 Å². The minimum atomic E-state index is -0.318. The molecule has 1 spiro atoms. The Labute approximate surface area is 146 Å². The summed E-state index contributed by atoms with van der Waals surface area (Å²) in [6.07, 6.45) is 1.78. The molecule has 124 valence electrons. The van der Waals surface area contributed by atoms with Gasteiger partial charge in [0.2, 0.25) is 0 Å². The fraction of sp³-hybridized carbons (Fsp3) is 0.316. The van der Waals surface area contributed by atoms with E-state index in [2.05, 4.69) is 27.7 Å². The lowest BCUT2D eigenvalue weighted by Crippen LogP contribution is -2.62. The standard InChI is InChI=1S/C19H20ClN3O/c20-15-7-5-14(6-8-15)13-23-11-9-19(10-12-23)21-17-4-2-1-3-16(17)18(24)22-19/h1-8,21H,9-13H2,(H,22,24). The third kappa shape index (κ3) is 2.99. The van der Waals surface area contributed by atoms with E-state index < -0.39 is 0 Å². The van der Waals surface area contributed by atoms with Crippen LogP contribution >= 0.6 is 11.6 Å². The van der Waals surface area contributed by atoms with E-state index in [1.54, 1.807) is 0 Å². The molecule has 0 atom stereocenters. The third-order valence-electron chi connectivity index (χ3n) is 4.93. The van der Waals surface area contributed by atoms with Gasteiger partial charge in [0.1, 0.15) is 5.66 Å². The van der Waals surface area contributed by atoms with Gasteiger partial charge in [0, 0.05) is 43.2 Å². The van der Waals surface area contributed by atoms with Gasteiger partial charge in [0.15, 0.2) is 0 Å². The van der Waals surface area contributed by atoms with Crippen LogP contribution in [0.25, 0.3) is 0 Å². The number of hydrogen-bond donors (Lipinski definition) is 2. The van der Waals surface area contributed by atoms with Crippen LogP contribution in [-0.4, -0.2) is 29.6 Å². The number of nitrogens with one attached hydrogen (secondary N) is 2. The minimum Gasteiger partial charge on any atom is -0.362 e. The lowest BCUT2D eigenvalue weighted by atomic mass is 9.92. The van der Waals surface area contributed by atoms with Gasteiger partial charge in [-0.15, -0.1) is 0 Å². The van der Waals surface area contributed by atoms with Crippen molar-refractivity contribution in [2.24, 2.45) is 0 Å². The first-order valence-corrected chi connectivity index (χ1v) is 8.68. The van der Waals surface area contributed by atoms with Crippen LogP contribution in [0.5, 0.6) is 0 Å². The number of halogens is 1. The molecule has 2 N–H and O–H groups in total. The lowest BCUT2D eigenvalue weighted by Gasteiger charge is -2.46. The largest absolute Gasteiger partial charge is 0.362 e. The van der Waals surface area contributed by atoms with E-state index >= 15 is 0 Å². The zero-order chi connectivity index (χ0) is 16.6. The summed E-state index contributed by atoms with van der Waals surface area (Å²) in [6.45, 7) is 2.80. The first-order valence-electron chi connectivity index (χ1n) is 8.30. The summed E-state index contributed by atoms with van der Waals surface area (Å²) in [6, 6.07) is 15.7. The number of rotatable bonds is 2. The second-order valence-corrected chi connectivity index (χ2v) is 7.05. The molecule has 1 amide bonds. The number of para-hydroxylation sites is 1. The number of amides is 1. The predicted molar refractivity (Wildman–Crippen MR) is 96.2 cm³/mol. The Morgan fingerprint density at radius 3 is 2.46 bits per heavy atom. The fourth-order valence-electron chi connectivity index (χ4n) is 3.55. The van der Waals surface area contributed by atoms with Crippen molar-refractivity contribution in [3.8, 4) is 0 Å². The Morgan fingerprint density at radius 2 is 1.71 bits per heavy atom. The van der Waals surface area contributed by atoms with Crippen LogP contribution in [-0.2, 0) is 6.54 Å². The molecule has 1 fully saturated rings. The van der Waals surface area contributed by atoms with Crippen LogP contribution in [0.2, 0.25) is 5.02 Å². The van der Waals surface area contributed by atoms with Crippen LogP contribution in [0, 0.1) is 0 Å². The maximum Gasteiger partial charge on any atom is 0.255 e. The summed E-state index contributed by atoms with van der Waals surface area (Å²) in [5.74, 6) is 0.0236. The molecule has 5 heteroatoms. The number of carbonyl (C=O) groups excluding carboxylic acids is 1. The quantitative estimate of drug-likeness (QED) is 0.879. The Morgan fingerprint density at radius 1 is 1.00 bits per heavy atom. The Balaban J connectivity index is 1.43. The molecule has 0 unspecified atom stereocenters. The molecular formula is C19H20ClN3O. The second-order valence-electron chi connectivity index (χ2n) is 6.61. The summed E-state index contributed by atoms with van der Waals surface area (Å²) < 4.78 is 0. The Bertz CT molecular complexity index is 751. The molecule has 2 aliphatic rings. The molecule has 4 nitrogen and oxygen atoms in total. The van der Waals surface area contributed by atoms with E-state index in [-0.39, 0.29) is 11.6 Å². The summed E-state index contributed by atoms with van der Waals surface area (Å²) >= 11 is 5.94. The first kappa shape index (κ1) is 15.5. The Hall–Kier alpha value is -2.04. The number of carbonyl (C=O) groups is 1. The molecule has 1 saturated heterocycles. The molecule has 24 heavy (non-hydrogen) atoms. The number of nitrogens with zero attached hydrogens (tertiary/aromatic N) is 1. The normalized spacial score (nSPS) is 19.5. The van der Waals surface area contributed by atoms with Gasteiger partial charge in [-0.05, 0) is 29.8 Å². The number of anilines is 1. The van der Waals surface area contributed by atoms with Crippen molar-refractivity contribution in [3.05, 3.63) is 64.7 Å². The molecule has 0 bridgehead atoms. The Kier molecular flexibility index (Phi) is 3.94. The zero-order valence-corrected chi connectivity index (χ0v) is 14.1. The van der Waals surface area contributed by atoms with Gasteiger partial charge < -0.3 is 10.6 Å². The topological polar surface area (TPSA) is 44.4 Å². The van der Waals surface area contributed by atoms with Gasteiger partial charge in [-0.2, -0.15) is 0 Å². The van der Waals surface area contributed by atoms with Gasteiger partial charge in [-0.1, -0.05) is 35.9 Å². The predicted octanol–water partition coefficient (Wildman–Crippen LogP) is 3.49. The molecular weight excluding hydrogens is 322 g/mol. The lowest BCUT2D eigenvalue weighted by molar-refractivity contribution is 0.0822. The van der Waals surface area contributed by atoms with E-state index in [0.29, 0.717) is 0 Å². The third-order valence-corrected chi connectivity index (χ3v) is 5.18. The van der Waals surface area contributed by atoms with E-state index in [1.807, 2.05) is 36.4 Å². The molecule has 2 heterocycles. The van der Waals surface area contributed by atoms with E-state index in [0.717, 1.165) is 48.7 Å². The van der Waals surface area contributed by atoms with Crippen molar-refractivity contribution in [1.82, 2.24) is 10.2 Å². The SMILES string of the molecule is O=C1NC2(CCN(Cc3ccc(Cl)cc3)CC2)Nc2ccccc21. The molecule has 2 aliphatic heterocycles. The maximum atomic E-state index is 12.4. The smallest absolute Gasteiger partial charge is 0.255 e. The highest BCUT2D eigenvalue weighted by molar-refractivity contribution is 6.30. The molecule has 0 saturated carbocycles. The summed E-state index contributed by atoms with van der Waals surface area (Å²) in [4.78, 5) is 14.8. The van der Waals surface area contributed by atoms with Crippen LogP contribution in [0.4, 0.5) is 5.69 Å². The van der Waals surface area contributed by atoms with Crippen LogP contribution in [0.3, 0.4) is 0 Å². The zero-order valence-electron chi connectivity index (χ0n) is 13.4. The molecule has 0 aliphatic carbocycles. The minimum absolute atomic E-state index is 0.0236. The van der Waals surface area contributed by atoms with Crippen LogP contribution in [0.1, 0.15) is 28.8 Å². The van der Waals surface area contributed by atoms with E-state index in [9.17, 15) is 4.79 Å². The molecule has 0 aromatic heterocycles. The van der Waals surface area contributed by atoms with Gasteiger partial charge in [0.25, 0.3) is 5.91 Å². The number of hydrogen-bond acceptors (Lipinski definition) is 3. The van der Waals surface area contributed by atoms with Crippen molar-refractivity contribution < 1.29 is 4.79 Å². The van der Waals surface area contributed by atoms with Gasteiger partial charge in [-0.25, -0.2) is 0 Å². The first-order chi connectivity index (χ1) is 11.6. The van der Waals surface area contributed by atoms with Crippen molar-refractivity contribution in [2.45, 2.75) is 25.0 Å². The van der Waals surface area contributed by atoms with Crippen molar-refractivity contribution in [3.63, 3.8) is 0 Å². The summed E-state index contributed by atoms with van der Waals surface area (Å²) in [7, 11) is 0. The highest BCUT2D eigenvalue weighted by Crippen LogP contribution is 2.31. The van der Waals surface area contributed by atoms with Crippen molar-refractivity contribution in [1.29, 1.82) is 0 Å². The molecule has 4 rings (SSSR count). The second kappa shape index (κ2) is 6.11. The number of likely N-dealkylation sites (tertiary alicyclic amines) is 1. The monoisotopic (exact) mass is 341 g/mol. The van der Waals surface area contributed by atoms with Gasteiger partial charge in [0.05, 0.1) is 5.56 Å². The summed E-state index contributed by atoms with van der Waals surface area (Å²) in [5, 5.41) is 7.51. The fourth-order valence-corrected chi connectivity index (χ4v) is 3.68. The average Bonchev–Trinajstić information content (AvgIpc) is 2.59. The number of fused-ring (bicyclic) bond motifs is 1.